The van der Waals surface area contributed by atoms with Crippen LogP contribution in [0.15, 0.2) is 29.4 Å². The molecular weight excluding hydrogens is 125 g/mol. The molecule has 2 nitrogen and oxygen atoms in total. The summed E-state index contributed by atoms with van der Waals surface area (Å²) in [6.45, 7) is 0. The minimum absolute atomic E-state index is 1.08. The predicted octanol–water partition coefficient (Wildman–Crippen LogP) is 0.295. The van der Waals surface area contributed by atoms with Crippen molar-refractivity contribution in [2.45, 2.75) is 0 Å². The lowest BCUT2D eigenvalue weighted by Crippen LogP contribution is -2.23. The van der Waals surface area contributed by atoms with Crippen LogP contribution in [0.5, 0.6) is 0 Å². The first-order valence-electron chi connectivity index (χ1n) is 3.08. The summed E-state index contributed by atoms with van der Waals surface area (Å²) in [4.78, 5) is 0. The van der Waals surface area contributed by atoms with Crippen LogP contribution in [0.3, 0.4) is 0 Å². The van der Waals surface area contributed by atoms with Crippen LogP contribution >= 0.6 is 0 Å². The molecular formula is C7H5BNO. The topological polar surface area (TPSA) is 21.6 Å². The van der Waals surface area contributed by atoms with Crippen molar-refractivity contribution in [3.05, 3.63) is 29.8 Å². The van der Waals surface area contributed by atoms with Crippen LogP contribution in [-0.2, 0) is 4.76 Å². The zero-order valence-corrected chi connectivity index (χ0v) is 5.32. The van der Waals surface area contributed by atoms with Gasteiger partial charge in [-0.15, -0.1) is 5.16 Å². The molecule has 1 heterocycles. The van der Waals surface area contributed by atoms with Crippen molar-refractivity contribution in [1.82, 2.24) is 0 Å². The van der Waals surface area contributed by atoms with Gasteiger partial charge in [0.25, 0.3) is 0 Å². The van der Waals surface area contributed by atoms with E-state index in [1.165, 1.54) is 0 Å². The quantitative estimate of drug-likeness (QED) is 0.462. The lowest BCUT2D eigenvalue weighted by Gasteiger charge is -2.06. The van der Waals surface area contributed by atoms with Crippen LogP contribution in [0.2, 0.25) is 0 Å². The van der Waals surface area contributed by atoms with Gasteiger partial charge in [-0.3, -0.25) is 0 Å². The van der Waals surface area contributed by atoms with Crippen molar-refractivity contribution in [3.8, 4) is 0 Å². The zero-order valence-electron chi connectivity index (χ0n) is 5.32. The molecule has 47 valence electrons. The third kappa shape index (κ3) is 0.797. The fourth-order valence-electron chi connectivity index (χ4n) is 0.910. The van der Waals surface area contributed by atoms with E-state index in [0.29, 0.717) is 0 Å². The maximum absolute atomic E-state index is 4.74. The number of nitrogens with zero attached hydrogens (tertiary/aromatic N) is 1. The van der Waals surface area contributed by atoms with Gasteiger partial charge in [-0.2, -0.15) is 0 Å². The summed E-state index contributed by atoms with van der Waals surface area (Å²) in [6, 6.07) is 7.93. The van der Waals surface area contributed by atoms with Crippen molar-refractivity contribution in [2.24, 2.45) is 5.16 Å². The van der Waals surface area contributed by atoms with Crippen LogP contribution < -0.4 is 5.46 Å². The zero-order chi connectivity index (χ0) is 6.81. The van der Waals surface area contributed by atoms with E-state index in [9.17, 15) is 0 Å². The summed E-state index contributed by atoms with van der Waals surface area (Å²) in [6.07, 6.45) is 1.70. The van der Waals surface area contributed by atoms with Gasteiger partial charge in [-0.1, -0.05) is 24.3 Å². The summed E-state index contributed by atoms with van der Waals surface area (Å²) in [7, 11) is 1.63. The second-order valence-corrected chi connectivity index (χ2v) is 2.09. The Morgan fingerprint density at radius 3 is 3.10 bits per heavy atom. The standard InChI is InChI=1S/C7H5BNO/c1-2-4-7-6(3-1)5-9-10-8-7/h1-5H. The highest BCUT2D eigenvalue weighted by molar-refractivity contribution is 6.49. The van der Waals surface area contributed by atoms with Crippen molar-refractivity contribution < 1.29 is 4.76 Å². The third-order valence-corrected chi connectivity index (χ3v) is 1.43. The Morgan fingerprint density at radius 1 is 1.30 bits per heavy atom. The summed E-state index contributed by atoms with van der Waals surface area (Å²) >= 11 is 0. The van der Waals surface area contributed by atoms with Gasteiger partial charge in [0, 0.05) is 0 Å². The Kier molecular flexibility index (Phi) is 1.20. The number of hydrogen-bond donors (Lipinski definition) is 0. The number of hydrogen-bond acceptors (Lipinski definition) is 2. The molecule has 1 aromatic rings. The highest BCUT2D eigenvalue weighted by Gasteiger charge is 2.06. The van der Waals surface area contributed by atoms with E-state index in [4.69, 9.17) is 4.76 Å². The lowest BCUT2D eigenvalue weighted by molar-refractivity contribution is 0.370. The molecule has 0 atom stereocenters. The number of fused-ring (bicyclic) bond motifs is 1. The molecule has 2 rings (SSSR count). The normalized spacial score (nSPS) is 13.2. The van der Waals surface area contributed by atoms with Crippen LogP contribution in [0.4, 0.5) is 0 Å². The van der Waals surface area contributed by atoms with Crippen molar-refractivity contribution in [1.29, 1.82) is 0 Å². The second-order valence-electron chi connectivity index (χ2n) is 2.09. The van der Waals surface area contributed by atoms with Gasteiger partial charge in [0.15, 0.2) is 0 Å². The smallest absolute Gasteiger partial charge is 0.449 e. The van der Waals surface area contributed by atoms with Crippen LogP contribution in [0.25, 0.3) is 0 Å². The van der Waals surface area contributed by atoms with Crippen LogP contribution in [0, 0.1) is 0 Å². The Labute approximate surface area is 59.8 Å². The monoisotopic (exact) mass is 130 g/mol. The lowest BCUT2D eigenvalue weighted by atomic mass is 9.84. The summed E-state index contributed by atoms with van der Waals surface area (Å²) in [5.74, 6) is 0. The molecule has 0 fully saturated rings. The van der Waals surface area contributed by atoms with Gasteiger partial charge in [0.05, 0.1) is 6.21 Å². The Bertz CT molecular complexity index is 272. The second kappa shape index (κ2) is 2.18. The molecule has 1 aromatic carbocycles. The van der Waals surface area contributed by atoms with Gasteiger partial charge in [-0.25, -0.2) is 0 Å². The molecule has 1 aliphatic rings. The van der Waals surface area contributed by atoms with E-state index in [-0.39, 0.29) is 0 Å². The third-order valence-electron chi connectivity index (χ3n) is 1.43. The maximum Gasteiger partial charge on any atom is 0.449 e. The average Bonchev–Trinajstić information content (AvgIpc) is 2.05. The van der Waals surface area contributed by atoms with Crippen molar-refractivity contribution >= 4 is 19.2 Å². The SMILES string of the molecule is [B]1ON=Cc2ccccc21. The molecule has 0 bridgehead atoms. The molecule has 3 heteroatoms. The molecule has 0 aromatic heterocycles. The minimum atomic E-state index is 1.08. The highest BCUT2D eigenvalue weighted by Crippen LogP contribution is 1.95. The van der Waals surface area contributed by atoms with E-state index in [1.54, 1.807) is 13.7 Å². The fourth-order valence-corrected chi connectivity index (χ4v) is 0.910. The Morgan fingerprint density at radius 2 is 2.20 bits per heavy atom. The van der Waals surface area contributed by atoms with Gasteiger partial charge < -0.3 is 4.76 Å². The minimum Gasteiger partial charge on any atom is -0.468 e. The maximum atomic E-state index is 4.74. The van der Waals surface area contributed by atoms with Crippen LogP contribution in [0.1, 0.15) is 5.56 Å². The number of oxime groups is 1. The average molecular weight is 130 g/mol. The molecule has 0 N–H and O–H groups in total. The first kappa shape index (κ1) is 5.53. The molecule has 1 aliphatic heterocycles. The molecule has 0 amide bonds. The molecule has 10 heavy (non-hydrogen) atoms. The van der Waals surface area contributed by atoms with Crippen LogP contribution in [-0.4, -0.2) is 13.7 Å². The Balaban J connectivity index is 2.54. The van der Waals surface area contributed by atoms with E-state index >= 15 is 0 Å². The van der Waals surface area contributed by atoms with Gasteiger partial charge >= 0.3 is 7.48 Å². The van der Waals surface area contributed by atoms with Crippen molar-refractivity contribution in [2.75, 3.05) is 0 Å². The highest BCUT2D eigenvalue weighted by atomic mass is 16.6. The summed E-state index contributed by atoms with van der Waals surface area (Å²) in [5, 5.41) is 3.64. The molecule has 1 radical (unpaired) electrons. The predicted molar refractivity (Wildman–Crippen MR) is 40.5 cm³/mol. The van der Waals surface area contributed by atoms with E-state index in [0.717, 1.165) is 11.0 Å². The van der Waals surface area contributed by atoms with E-state index < -0.39 is 0 Å². The molecule has 0 aliphatic carbocycles. The van der Waals surface area contributed by atoms with Gasteiger partial charge in [0.2, 0.25) is 0 Å². The molecule has 0 saturated heterocycles. The first-order valence-corrected chi connectivity index (χ1v) is 3.08. The number of rotatable bonds is 0. The van der Waals surface area contributed by atoms with E-state index in [2.05, 4.69) is 5.16 Å². The van der Waals surface area contributed by atoms with Crippen molar-refractivity contribution in [3.63, 3.8) is 0 Å². The van der Waals surface area contributed by atoms with Gasteiger partial charge in [-0.05, 0) is 11.0 Å². The molecule has 0 saturated carbocycles. The summed E-state index contributed by atoms with van der Waals surface area (Å²) < 4.78 is 4.74. The van der Waals surface area contributed by atoms with Gasteiger partial charge in [0.1, 0.15) is 0 Å². The first-order chi connectivity index (χ1) is 4.97. The molecule has 0 spiro atoms. The number of benzene rings is 1. The largest absolute Gasteiger partial charge is 0.468 e. The van der Waals surface area contributed by atoms with E-state index in [1.807, 2.05) is 24.3 Å². The fraction of sp³-hybridized carbons (Fsp3) is 0. The summed E-state index contributed by atoms with van der Waals surface area (Å²) in [5.41, 5.74) is 2.19. The Hall–Kier alpha value is -1.25. The molecule has 0 unspecified atom stereocenters.